The molecule has 0 fully saturated rings. The van der Waals surface area contributed by atoms with Crippen molar-refractivity contribution in [2.45, 2.75) is 6.42 Å². The molecule has 0 aliphatic rings. The summed E-state index contributed by atoms with van der Waals surface area (Å²) in [7, 11) is 0. The molecule has 5 N–H and O–H groups in total. The van der Waals surface area contributed by atoms with Crippen LogP contribution in [0, 0.1) is 0 Å². The summed E-state index contributed by atoms with van der Waals surface area (Å²) in [6.45, 7) is 4.00. The first-order valence-electron chi connectivity index (χ1n) is 5.32. The minimum Gasteiger partial charge on any atom is -0.493 e. The van der Waals surface area contributed by atoms with Gasteiger partial charge in [-0.1, -0.05) is 22.0 Å². The molecule has 84 valence electrons. The third-order valence-corrected chi connectivity index (χ3v) is 2.52. The van der Waals surface area contributed by atoms with E-state index in [-0.39, 0.29) is 0 Å². The average Bonchev–Trinajstić information content (AvgIpc) is 2.23. The van der Waals surface area contributed by atoms with Crippen LogP contribution in [0.1, 0.15) is 6.42 Å². The Hall–Kier alpha value is -0.580. The average molecular weight is 275 g/mol. The van der Waals surface area contributed by atoms with Crippen molar-refractivity contribution in [3.05, 3.63) is 28.7 Å². The van der Waals surface area contributed by atoms with Crippen LogP contribution in [-0.4, -0.2) is 26.2 Å². The van der Waals surface area contributed by atoms with Crippen LogP contribution in [0.25, 0.3) is 0 Å². The lowest BCUT2D eigenvalue weighted by Crippen LogP contribution is -2.88. The fourth-order valence-electron chi connectivity index (χ4n) is 1.26. The molecule has 0 bridgehead atoms. The molecule has 15 heavy (non-hydrogen) atoms. The standard InChI is InChI=1S/C11H17BrN2O/c12-10-3-1-4-11(9-10)15-8-2-6-14-7-5-13/h1,3-4,9,14H,2,5-8,13H2/p+2. The molecule has 0 unspecified atom stereocenters. The molecule has 4 heteroatoms. The lowest BCUT2D eigenvalue weighted by molar-refractivity contribution is -0.670. The van der Waals surface area contributed by atoms with Gasteiger partial charge in [-0.05, 0) is 18.2 Å². The molecule has 0 radical (unpaired) electrons. The Bertz CT molecular complexity index is 281. The van der Waals surface area contributed by atoms with Crippen LogP contribution < -0.4 is 15.8 Å². The largest absolute Gasteiger partial charge is 0.493 e. The highest BCUT2D eigenvalue weighted by Gasteiger charge is 1.95. The van der Waals surface area contributed by atoms with E-state index in [1.165, 1.54) is 0 Å². The van der Waals surface area contributed by atoms with Gasteiger partial charge in [-0.3, -0.25) is 0 Å². The van der Waals surface area contributed by atoms with Gasteiger partial charge in [0.2, 0.25) is 0 Å². The first kappa shape index (κ1) is 12.5. The van der Waals surface area contributed by atoms with E-state index in [0.717, 1.165) is 42.9 Å². The topological polar surface area (TPSA) is 53.5 Å². The van der Waals surface area contributed by atoms with Gasteiger partial charge in [0.15, 0.2) is 0 Å². The van der Waals surface area contributed by atoms with Crippen molar-refractivity contribution in [3.63, 3.8) is 0 Å². The molecule has 1 aromatic rings. The number of rotatable bonds is 7. The van der Waals surface area contributed by atoms with Gasteiger partial charge in [0.1, 0.15) is 18.8 Å². The van der Waals surface area contributed by atoms with Crippen LogP contribution in [-0.2, 0) is 0 Å². The molecule has 0 aromatic heterocycles. The molecule has 0 saturated heterocycles. The van der Waals surface area contributed by atoms with Gasteiger partial charge in [-0.15, -0.1) is 0 Å². The number of hydrogen-bond acceptors (Lipinski definition) is 1. The second kappa shape index (κ2) is 7.68. The quantitative estimate of drug-likeness (QED) is 0.677. The fraction of sp³-hybridized carbons (Fsp3) is 0.455. The molecule has 3 nitrogen and oxygen atoms in total. The summed E-state index contributed by atoms with van der Waals surface area (Å²) < 4.78 is 6.66. The number of hydrogen-bond donors (Lipinski definition) is 2. The molecule has 0 spiro atoms. The Balaban J connectivity index is 2.10. The Morgan fingerprint density at radius 1 is 1.33 bits per heavy atom. The highest BCUT2D eigenvalue weighted by Crippen LogP contribution is 2.17. The van der Waals surface area contributed by atoms with Gasteiger partial charge in [0, 0.05) is 10.9 Å². The number of halogens is 1. The summed E-state index contributed by atoms with van der Waals surface area (Å²) in [4.78, 5) is 0. The van der Waals surface area contributed by atoms with Gasteiger partial charge in [0.05, 0.1) is 13.2 Å². The predicted octanol–water partition coefficient (Wildman–Crippen LogP) is 0.0233. The van der Waals surface area contributed by atoms with Gasteiger partial charge < -0.3 is 15.8 Å². The molecule has 0 atom stereocenters. The summed E-state index contributed by atoms with van der Waals surface area (Å²) in [6.07, 6.45) is 1.08. The van der Waals surface area contributed by atoms with Gasteiger partial charge in [-0.25, -0.2) is 0 Å². The lowest BCUT2D eigenvalue weighted by atomic mass is 10.3. The van der Waals surface area contributed by atoms with E-state index in [9.17, 15) is 0 Å². The van der Waals surface area contributed by atoms with Crippen LogP contribution in [0.4, 0.5) is 0 Å². The summed E-state index contributed by atoms with van der Waals surface area (Å²) >= 11 is 3.41. The lowest BCUT2D eigenvalue weighted by Gasteiger charge is -2.05. The molecular formula is C11H19BrN2O+2. The van der Waals surface area contributed by atoms with Crippen molar-refractivity contribution in [2.75, 3.05) is 26.2 Å². The van der Waals surface area contributed by atoms with Crippen LogP contribution in [0.5, 0.6) is 5.75 Å². The second-order valence-electron chi connectivity index (χ2n) is 3.38. The molecule has 0 aliphatic heterocycles. The van der Waals surface area contributed by atoms with E-state index >= 15 is 0 Å². The zero-order valence-electron chi connectivity index (χ0n) is 8.92. The van der Waals surface area contributed by atoms with E-state index < -0.39 is 0 Å². The Morgan fingerprint density at radius 2 is 2.20 bits per heavy atom. The molecule has 0 saturated carbocycles. The van der Waals surface area contributed by atoms with Gasteiger partial charge in [0.25, 0.3) is 0 Å². The molecule has 0 amide bonds. The maximum atomic E-state index is 5.60. The summed E-state index contributed by atoms with van der Waals surface area (Å²) in [5.41, 5.74) is 3.79. The molecule has 1 rings (SSSR count). The van der Waals surface area contributed by atoms with Crippen molar-refractivity contribution < 1.29 is 15.8 Å². The van der Waals surface area contributed by atoms with Crippen LogP contribution >= 0.6 is 15.9 Å². The highest BCUT2D eigenvalue weighted by molar-refractivity contribution is 9.10. The molecule has 0 aliphatic carbocycles. The van der Waals surface area contributed by atoms with E-state index in [1.54, 1.807) is 0 Å². The smallest absolute Gasteiger partial charge is 0.125 e. The Kier molecular flexibility index (Phi) is 6.39. The Morgan fingerprint density at radius 3 is 2.93 bits per heavy atom. The Labute approximate surface area is 99.1 Å². The van der Waals surface area contributed by atoms with Crippen LogP contribution in [0.2, 0.25) is 0 Å². The molecule has 1 aromatic carbocycles. The van der Waals surface area contributed by atoms with Gasteiger partial charge in [-0.2, -0.15) is 0 Å². The second-order valence-corrected chi connectivity index (χ2v) is 4.29. The van der Waals surface area contributed by atoms with Crippen LogP contribution in [0.15, 0.2) is 28.7 Å². The van der Waals surface area contributed by atoms with Crippen molar-refractivity contribution in [1.82, 2.24) is 0 Å². The van der Waals surface area contributed by atoms with Crippen molar-refractivity contribution in [1.29, 1.82) is 0 Å². The maximum absolute atomic E-state index is 5.60. The van der Waals surface area contributed by atoms with E-state index in [2.05, 4.69) is 27.0 Å². The SMILES string of the molecule is [NH3+]CC[NH2+]CCCOc1cccc(Br)c1. The summed E-state index contributed by atoms with van der Waals surface area (Å²) in [5.74, 6) is 0.932. The highest BCUT2D eigenvalue weighted by atomic mass is 79.9. The normalized spacial score (nSPS) is 10.3. The third-order valence-electron chi connectivity index (χ3n) is 2.03. The van der Waals surface area contributed by atoms with Crippen molar-refractivity contribution in [3.8, 4) is 5.75 Å². The maximum Gasteiger partial charge on any atom is 0.125 e. The third kappa shape index (κ3) is 5.77. The van der Waals surface area contributed by atoms with Crippen molar-refractivity contribution >= 4 is 15.9 Å². The number of quaternary nitrogens is 2. The molecule has 0 heterocycles. The van der Waals surface area contributed by atoms with Crippen LogP contribution in [0.3, 0.4) is 0 Å². The number of benzene rings is 1. The zero-order valence-corrected chi connectivity index (χ0v) is 10.5. The fourth-order valence-corrected chi connectivity index (χ4v) is 1.64. The monoisotopic (exact) mass is 274 g/mol. The van der Waals surface area contributed by atoms with E-state index in [4.69, 9.17) is 4.74 Å². The predicted molar refractivity (Wildman–Crippen MR) is 63.7 cm³/mol. The zero-order chi connectivity index (χ0) is 10.9. The molecular weight excluding hydrogens is 256 g/mol. The minimum atomic E-state index is 0.782. The van der Waals surface area contributed by atoms with E-state index in [1.807, 2.05) is 24.3 Å². The van der Waals surface area contributed by atoms with E-state index in [0.29, 0.717) is 0 Å². The van der Waals surface area contributed by atoms with Crippen molar-refractivity contribution in [2.24, 2.45) is 0 Å². The number of nitrogens with two attached hydrogens (primary N) is 1. The van der Waals surface area contributed by atoms with Gasteiger partial charge >= 0.3 is 0 Å². The minimum absolute atomic E-state index is 0.782. The summed E-state index contributed by atoms with van der Waals surface area (Å²) in [6, 6.07) is 7.94. The first-order chi connectivity index (χ1) is 7.33. The summed E-state index contributed by atoms with van der Waals surface area (Å²) in [5, 5.41) is 2.28. The first-order valence-corrected chi connectivity index (χ1v) is 6.11. The number of ether oxygens (including phenoxy) is 1.